The van der Waals surface area contributed by atoms with E-state index in [4.69, 9.17) is 19.3 Å². The topological polar surface area (TPSA) is 65.0 Å². The van der Waals surface area contributed by atoms with Crippen LogP contribution in [0.15, 0.2) is 54.6 Å². The van der Waals surface area contributed by atoms with Crippen LogP contribution < -0.4 is 4.74 Å². The second-order valence-corrected chi connectivity index (χ2v) is 5.15. The maximum atomic E-state index is 10.9. The maximum Gasteiger partial charge on any atom is 0.511 e. The maximum absolute atomic E-state index is 10.9. The van der Waals surface area contributed by atoms with Gasteiger partial charge >= 0.3 is 6.16 Å². The van der Waals surface area contributed by atoms with E-state index >= 15 is 0 Å². The molecule has 1 atom stereocenters. The minimum atomic E-state index is -1.34. The third-order valence-corrected chi connectivity index (χ3v) is 3.48. The predicted molar refractivity (Wildman–Crippen MR) is 90.4 cm³/mol. The summed E-state index contributed by atoms with van der Waals surface area (Å²) in [4.78, 5) is 10.9. The lowest BCUT2D eigenvalue weighted by Crippen LogP contribution is -2.14. The third-order valence-electron chi connectivity index (χ3n) is 3.48. The van der Waals surface area contributed by atoms with Crippen LogP contribution in [0.2, 0.25) is 0 Å². The zero-order valence-corrected chi connectivity index (χ0v) is 13.7. The third kappa shape index (κ3) is 5.68. The molecule has 2 aromatic rings. The van der Waals surface area contributed by atoms with Crippen molar-refractivity contribution in [2.45, 2.75) is 19.4 Å². The summed E-state index contributed by atoms with van der Waals surface area (Å²) >= 11 is 0. The fourth-order valence-electron chi connectivity index (χ4n) is 2.41. The van der Waals surface area contributed by atoms with Gasteiger partial charge in [-0.15, -0.1) is 0 Å². The first kappa shape index (κ1) is 18.0. The minimum absolute atomic E-state index is 0.294. The largest absolute Gasteiger partial charge is 0.511 e. The summed E-state index contributed by atoms with van der Waals surface area (Å²) in [6, 6.07) is 16.9. The van der Waals surface area contributed by atoms with Gasteiger partial charge in [-0.2, -0.15) is 0 Å². The summed E-state index contributed by atoms with van der Waals surface area (Å²) in [6.07, 6.45) is -1.04. The van der Waals surface area contributed by atoms with Gasteiger partial charge in [0.05, 0.1) is 19.3 Å². The van der Waals surface area contributed by atoms with E-state index in [9.17, 15) is 4.79 Å². The van der Waals surface area contributed by atoms with Gasteiger partial charge in [-0.1, -0.05) is 48.5 Å². The fraction of sp³-hybridized carbons (Fsp3) is 0.316. The summed E-state index contributed by atoms with van der Waals surface area (Å²) in [5.41, 5.74) is 1.81. The molecular formula is C19H22O5. The molecule has 0 amide bonds. The smallest absolute Gasteiger partial charge is 0.449 e. The molecule has 0 fully saturated rings. The van der Waals surface area contributed by atoms with Crippen LogP contribution in [0, 0.1) is 0 Å². The lowest BCUT2D eigenvalue weighted by Gasteiger charge is -2.20. The highest BCUT2D eigenvalue weighted by molar-refractivity contribution is 5.62. The number of carboxylic acid groups (broad SMARTS) is 1. The van der Waals surface area contributed by atoms with Crippen molar-refractivity contribution < 1.29 is 24.1 Å². The molecule has 0 aliphatic heterocycles. The number of ether oxygens (including phenoxy) is 3. The normalized spacial score (nSPS) is 11.9. The number of hydrogen-bond donors (Lipinski definition) is 1. The number of rotatable bonds is 9. The first-order valence-electron chi connectivity index (χ1n) is 7.93. The van der Waals surface area contributed by atoms with Crippen LogP contribution in [-0.2, 0) is 15.9 Å². The molecule has 5 nitrogen and oxygen atoms in total. The SMILES string of the molecule is CCOCCOC(Cc1ccccc1)c1ccccc1OC(=O)O. The van der Waals surface area contributed by atoms with Crippen LogP contribution in [-0.4, -0.2) is 31.1 Å². The molecule has 0 saturated carbocycles. The van der Waals surface area contributed by atoms with E-state index in [-0.39, 0.29) is 6.10 Å². The Morgan fingerprint density at radius 2 is 1.75 bits per heavy atom. The van der Waals surface area contributed by atoms with Crippen LogP contribution in [0.1, 0.15) is 24.2 Å². The Balaban J connectivity index is 2.19. The zero-order chi connectivity index (χ0) is 17.2. The van der Waals surface area contributed by atoms with Gasteiger partial charge in [0.15, 0.2) is 0 Å². The summed E-state index contributed by atoms with van der Waals surface area (Å²) in [7, 11) is 0. The van der Waals surface area contributed by atoms with Crippen molar-refractivity contribution in [3.05, 3.63) is 65.7 Å². The highest BCUT2D eigenvalue weighted by Crippen LogP contribution is 2.30. The van der Waals surface area contributed by atoms with E-state index in [0.29, 0.717) is 37.6 Å². The monoisotopic (exact) mass is 330 g/mol. The van der Waals surface area contributed by atoms with E-state index in [0.717, 1.165) is 5.56 Å². The minimum Gasteiger partial charge on any atom is -0.449 e. The molecule has 0 aromatic heterocycles. The number of hydrogen-bond acceptors (Lipinski definition) is 4. The molecule has 2 aromatic carbocycles. The van der Waals surface area contributed by atoms with Crippen LogP contribution >= 0.6 is 0 Å². The molecule has 1 N–H and O–H groups in total. The second-order valence-electron chi connectivity index (χ2n) is 5.15. The molecule has 128 valence electrons. The van der Waals surface area contributed by atoms with Crippen LogP contribution in [0.3, 0.4) is 0 Å². The van der Waals surface area contributed by atoms with Gasteiger partial charge in [0, 0.05) is 18.6 Å². The average molecular weight is 330 g/mol. The average Bonchev–Trinajstić information content (AvgIpc) is 2.59. The van der Waals surface area contributed by atoms with E-state index in [2.05, 4.69) is 0 Å². The molecule has 0 radical (unpaired) electrons. The van der Waals surface area contributed by atoms with E-state index in [1.54, 1.807) is 12.1 Å². The number of benzene rings is 2. The number of para-hydroxylation sites is 1. The molecule has 2 rings (SSSR count). The highest BCUT2D eigenvalue weighted by Gasteiger charge is 2.19. The fourth-order valence-corrected chi connectivity index (χ4v) is 2.41. The lowest BCUT2D eigenvalue weighted by molar-refractivity contribution is 0.00565. The van der Waals surface area contributed by atoms with Gasteiger partial charge in [0.25, 0.3) is 0 Å². The molecular weight excluding hydrogens is 308 g/mol. The molecule has 1 unspecified atom stereocenters. The van der Waals surface area contributed by atoms with Gasteiger partial charge in [0.1, 0.15) is 5.75 Å². The van der Waals surface area contributed by atoms with Crippen molar-refractivity contribution in [3.8, 4) is 5.75 Å². The molecule has 0 heterocycles. The summed E-state index contributed by atoms with van der Waals surface area (Å²) in [6.45, 7) is 3.47. The highest BCUT2D eigenvalue weighted by atomic mass is 16.7. The Morgan fingerprint density at radius 1 is 1.04 bits per heavy atom. The number of carbonyl (C=O) groups is 1. The van der Waals surface area contributed by atoms with Crippen LogP contribution in [0.25, 0.3) is 0 Å². The summed E-state index contributed by atoms with van der Waals surface area (Å²) in [5, 5.41) is 8.93. The van der Waals surface area contributed by atoms with Gasteiger partial charge in [0.2, 0.25) is 0 Å². The van der Waals surface area contributed by atoms with Crippen molar-refractivity contribution in [2.75, 3.05) is 19.8 Å². The van der Waals surface area contributed by atoms with Crippen LogP contribution in [0.5, 0.6) is 5.75 Å². The van der Waals surface area contributed by atoms with Crippen molar-refractivity contribution in [2.24, 2.45) is 0 Å². The first-order valence-corrected chi connectivity index (χ1v) is 7.93. The Hall–Kier alpha value is -2.37. The lowest BCUT2D eigenvalue weighted by atomic mass is 10.0. The van der Waals surface area contributed by atoms with Gasteiger partial charge in [-0.3, -0.25) is 0 Å². The zero-order valence-electron chi connectivity index (χ0n) is 13.7. The molecule has 5 heteroatoms. The second kappa shape index (κ2) is 9.70. The van der Waals surface area contributed by atoms with Crippen molar-refractivity contribution >= 4 is 6.16 Å². The molecule has 0 spiro atoms. The standard InChI is InChI=1S/C19H22O5/c1-2-22-12-13-23-18(14-15-8-4-3-5-9-15)16-10-6-7-11-17(16)24-19(20)21/h3-11,18H,2,12-14H2,1H3,(H,20,21). The van der Waals surface area contributed by atoms with Crippen molar-refractivity contribution in [3.63, 3.8) is 0 Å². The molecule has 24 heavy (non-hydrogen) atoms. The van der Waals surface area contributed by atoms with E-state index < -0.39 is 6.16 Å². The molecule has 0 aliphatic rings. The predicted octanol–water partition coefficient (Wildman–Crippen LogP) is 4.08. The Kier molecular flexibility index (Phi) is 7.26. The molecule has 0 bridgehead atoms. The van der Waals surface area contributed by atoms with E-state index in [1.165, 1.54) is 0 Å². The quantitative estimate of drug-likeness (QED) is 0.426. The van der Waals surface area contributed by atoms with E-state index in [1.807, 2.05) is 49.4 Å². The Morgan fingerprint density at radius 3 is 2.46 bits per heavy atom. The van der Waals surface area contributed by atoms with Gasteiger partial charge in [-0.05, 0) is 18.6 Å². The van der Waals surface area contributed by atoms with Gasteiger partial charge < -0.3 is 19.3 Å². The van der Waals surface area contributed by atoms with Crippen molar-refractivity contribution in [1.29, 1.82) is 0 Å². The Labute approximate surface area is 141 Å². The Bertz CT molecular complexity index is 627. The summed E-state index contributed by atoms with van der Waals surface area (Å²) in [5.74, 6) is 0.294. The van der Waals surface area contributed by atoms with Crippen molar-refractivity contribution in [1.82, 2.24) is 0 Å². The molecule has 0 saturated heterocycles. The molecule has 0 aliphatic carbocycles. The van der Waals surface area contributed by atoms with Gasteiger partial charge in [-0.25, -0.2) is 4.79 Å². The summed E-state index contributed by atoms with van der Waals surface area (Å²) < 4.78 is 16.2. The first-order chi connectivity index (χ1) is 11.7. The van der Waals surface area contributed by atoms with Crippen LogP contribution in [0.4, 0.5) is 4.79 Å².